The number of fused-ring (bicyclic) bond motifs is 1. The van der Waals surface area contributed by atoms with Gasteiger partial charge in [-0.05, 0) is 24.6 Å². The Morgan fingerprint density at radius 1 is 1.13 bits per heavy atom. The van der Waals surface area contributed by atoms with Gasteiger partial charge in [0.15, 0.2) is 0 Å². The van der Waals surface area contributed by atoms with Crippen molar-refractivity contribution < 1.29 is 4.79 Å². The molecular weight excluding hydrogens is 290 g/mol. The molecule has 0 fully saturated rings. The lowest BCUT2D eigenvalue weighted by Gasteiger charge is -2.15. The van der Waals surface area contributed by atoms with E-state index in [2.05, 4.69) is 10.3 Å². The van der Waals surface area contributed by atoms with Gasteiger partial charge in [-0.3, -0.25) is 14.2 Å². The summed E-state index contributed by atoms with van der Waals surface area (Å²) in [5, 5.41) is 3.41. The summed E-state index contributed by atoms with van der Waals surface area (Å²) in [7, 11) is 0. The van der Waals surface area contributed by atoms with Crippen molar-refractivity contribution in [3.63, 3.8) is 0 Å². The first-order chi connectivity index (χ1) is 11.1. The molecule has 1 atom stereocenters. The van der Waals surface area contributed by atoms with E-state index in [1.807, 2.05) is 43.3 Å². The van der Waals surface area contributed by atoms with E-state index in [1.165, 1.54) is 10.9 Å². The summed E-state index contributed by atoms with van der Waals surface area (Å²) in [5.41, 5.74) is 1.44. The number of hydrogen-bond acceptors (Lipinski definition) is 3. The summed E-state index contributed by atoms with van der Waals surface area (Å²) < 4.78 is 1.33. The molecular formula is C18H17N3O2. The molecule has 0 unspecified atom stereocenters. The lowest BCUT2D eigenvalue weighted by Crippen LogP contribution is -2.33. The zero-order valence-corrected chi connectivity index (χ0v) is 12.8. The average Bonchev–Trinajstić information content (AvgIpc) is 2.58. The first-order valence-electron chi connectivity index (χ1n) is 7.43. The van der Waals surface area contributed by atoms with Gasteiger partial charge in [0.25, 0.3) is 5.56 Å². The summed E-state index contributed by atoms with van der Waals surface area (Å²) >= 11 is 0. The maximum atomic E-state index is 12.4. The molecule has 1 heterocycles. The van der Waals surface area contributed by atoms with E-state index >= 15 is 0 Å². The highest BCUT2D eigenvalue weighted by Crippen LogP contribution is 2.11. The molecule has 5 nitrogen and oxygen atoms in total. The van der Waals surface area contributed by atoms with Gasteiger partial charge in [0.2, 0.25) is 5.91 Å². The summed E-state index contributed by atoms with van der Waals surface area (Å²) in [6.45, 7) is 1.86. The molecule has 0 radical (unpaired) electrons. The van der Waals surface area contributed by atoms with E-state index in [0.717, 1.165) is 5.56 Å². The zero-order valence-electron chi connectivity index (χ0n) is 12.8. The molecule has 1 aromatic heterocycles. The fourth-order valence-electron chi connectivity index (χ4n) is 2.49. The molecule has 0 spiro atoms. The van der Waals surface area contributed by atoms with Crippen molar-refractivity contribution in [1.29, 1.82) is 0 Å². The smallest absolute Gasteiger partial charge is 0.261 e. The number of hydrogen-bond donors (Lipinski definition) is 1. The van der Waals surface area contributed by atoms with Gasteiger partial charge in [0, 0.05) is 0 Å². The Morgan fingerprint density at radius 3 is 2.61 bits per heavy atom. The molecule has 3 rings (SSSR count). The second kappa shape index (κ2) is 6.44. The van der Waals surface area contributed by atoms with Crippen molar-refractivity contribution in [2.75, 3.05) is 0 Å². The second-order valence-electron chi connectivity index (χ2n) is 5.39. The molecule has 0 saturated carbocycles. The monoisotopic (exact) mass is 307 g/mol. The molecule has 1 amide bonds. The molecule has 0 aliphatic heterocycles. The third-order valence-electron chi connectivity index (χ3n) is 3.72. The fraction of sp³-hybridized carbons (Fsp3) is 0.167. The van der Waals surface area contributed by atoms with Crippen molar-refractivity contribution in [2.24, 2.45) is 0 Å². The average molecular weight is 307 g/mol. The van der Waals surface area contributed by atoms with Crippen molar-refractivity contribution in [3.8, 4) is 0 Å². The first kappa shape index (κ1) is 15.0. The molecule has 1 N–H and O–H groups in total. The van der Waals surface area contributed by atoms with Gasteiger partial charge in [-0.15, -0.1) is 0 Å². The van der Waals surface area contributed by atoms with Gasteiger partial charge in [-0.25, -0.2) is 4.98 Å². The number of nitrogens with zero attached hydrogens (tertiary/aromatic N) is 2. The summed E-state index contributed by atoms with van der Waals surface area (Å²) in [4.78, 5) is 28.8. The van der Waals surface area contributed by atoms with Crippen LogP contribution in [-0.2, 0) is 11.3 Å². The highest BCUT2D eigenvalue weighted by Gasteiger charge is 2.11. The summed E-state index contributed by atoms with van der Waals surface area (Å²) in [6, 6.07) is 16.7. The van der Waals surface area contributed by atoms with E-state index in [9.17, 15) is 9.59 Å². The molecule has 116 valence electrons. The zero-order chi connectivity index (χ0) is 16.2. The molecule has 23 heavy (non-hydrogen) atoms. The van der Waals surface area contributed by atoms with Crippen molar-refractivity contribution in [1.82, 2.24) is 14.9 Å². The van der Waals surface area contributed by atoms with Gasteiger partial charge in [-0.2, -0.15) is 0 Å². The molecule has 0 bridgehead atoms. The van der Waals surface area contributed by atoms with Crippen LogP contribution in [0.2, 0.25) is 0 Å². The molecule has 0 saturated heterocycles. The number of carbonyl (C=O) groups is 1. The number of para-hydroxylation sites is 1. The first-order valence-corrected chi connectivity index (χ1v) is 7.43. The largest absolute Gasteiger partial charge is 0.348 e. The molecule has 0 aliphatic carbocycles. The molecule has 2 aromatic carbocycles. The third kappa shape index (κ3) is 3.29. The van der Waals surface area contributed by atoms with E-state index in [1.54, 1.807) is 18.2 Å². The van der Waals surface area contributed by atoms with Gasteiger partial charge >= 0.3 is 0 Å². The Balaban J connectivity index is 1.76. The highest BCUT2D eigenvalue weighted by molar-refractivity contribution is 5.79. The van der Waals surface area contributed by atoms with Gasteiger partial charge in [0.1, 0.15) is 6.54 Å². The maximum Gasteiger partial charge on any atom is 0.261 e. The Labute approximate surface area is 133 Å². The van der Waals surface area contributed by atoms with Crippen LogP contribution in [0.4, 0.5) is 0 Å². The molecule has 5 heteroatoms. The Kier molecular flexibility index (Phi) is 4.19. The maximum absolute atomic E-state index is 12.4. The van der Waals surface area contributed by atoms with Crippen LogP contribution in [0.5, 0.6) is 0 Å². The lowest BCUT2D eigenvalue weighted by atomic mass is 10.1. The quantitative estimate of drug-likeness (QED) is 0.804. The van der Waals surface area contributed by atoms with Crippen molar-refractivity contribution >= 4 is 16.8 Å². The minimum atomic E-state index is -0.222. The minimum Gasteiger partial charge on any atom is -0.348 e. The standard InChI is InChI=1S/C18H17N3O2/c1-13(14-7-3-2-4-8-14)20-17(22)11-21-12-19-16-10-6-5-9-15(16)18(21)23/h2-10,12-13H,11H2,1H3,(H,20,22)/t13-/m0/s1. The van der Waals surface area contributed by atoms with Crippen molar-refractivity contribution in [3.05, 3.63) is 76.8 Å². The van der Waals surface area contributed by atoms with E-state index in [-0.39, 0.29) is 24.1 Å². The molecule has 3 aromatic rings. The highest BCUT2D eigenvalue weighted by atomic mass is 16.2. The third-order valence-corrected chi connectivity index (χ3v) is 3.72. The Bertz CT molecular complexity index is 887. The minimum absolute atomic E-state index is 0.0478. The van der Waals surface area contributed by atoms with Gasteiger partial charge < -0.3 is 5.32 Å². The lowest BCUT2D eigenvalue weighted by molar-refractivity contribution is -0.122. The van der Waals surface area contributed by atoms with E-state index in [0.29, 0.717) is 10.9 Å². The normalized spacial score (nSPS) is 12.0. The number of aromatic nitrogens is 2. The number of benzene rings is 2. The second-order valence-corrected chi connectivity index (χ2v) is 5.39. The Morgan fingerprint density at radius 2 is 1.83 bits per heavy atom. The van der Waals surface area contributed by atoms with Crippen LogP contribution < -0.4 is 10.9 Å². The number of amides is 1. The molecule has 0 aliphatic rings. The van der Waals surface area contributed by atoms with E-state index < -0.39 is 0 Å². The van der Waals surface area contributed by atoms with Crippen LogP contribution in [0.25, 0.3) is 10.9 Å². The van der Waals surface area contributed by atoms with Gasteiger partial charge in [0.05, 0.1) is 23.3 Å². The summed E-state index contributed by atoms with van der Waals surface area (Å²) in [5.74, 6) is -0.222. The van der Waals surface area contributed by atoms with Crippen LogP contribution >= 0.6 is 0 Å². The Hall–Kier alpha value is -2.95. The van der Waals surface area contributed by atoms with Crippen molar-refractivity contribution in [2.45, 2.75) is 19.5 Å². The predicted molar refractivity (Wildman–Crippen MR) is 89.0 cm³/mol. The summed E-state index contributed by atoms with van der Waals surface area (Å²) in [6.07, 6.45) is 1.41. The number of carbonyl (C=O) groups excluding carboxylic acids is 1. The van der Waals surface area contributed by atoms with E-state index in [4.69, 9.17) is 0 Å². The van der Waals surface area contributed by atoms with Crippen LogP contribution in [0.1, 0.15) is 18.5 Å². The number of nitrogens with one attached hydrogen (secondary N) is 1. The fourth-order valence-corrected chi connectivity index (χ4v) is 2.49. The van der Waals surface area contributed by atoms with Crippen LogP contribution in [0.3, 0.4) is 0 Å². The van der Waals surface area contributed by atoms with Gasteiger partial charge in [-0.1, -0.05) is 42.5 Å². The predicted octanol–water partition coefficient (Wildman–Crippen LogP) is 2.27. The SMILES string of the molecule is C[C@H](NC(=O)Cn1cnc2ccccc2c1=O)c1ccccc1. The van der Waals surface area contributed by atoms with Crippen LogP contribution in [-0.4, -0.2) is 15.5 Å². The number of rotatable bonds is 4. The topological polar surface area (TPSA) is 64.0 Å². The van der Waals surface area contributed by atoms with Crippen LogP contribution in [0.15, 0.2) is 65.7 Å². The van der Waals surface area contributed by atoms with Crippen LogP contribution in [0, 0.1) is 0 Å².